The van der Waals surface area contributed by atoms with Gasteiger partial charge in [0.1, 0.15) is 0 Å². The Morgan fingerprint density at radius 2 is 2.12 bits per heavy atom. The highest BCUT2D eigenvalue weighted by molar-refractivity contribution is 6.32. The van der Waals surface area contributed by atoms with Gasteiger partial charge in [-0.25, -0.2) is 4.79 Å². The molecule has 1 atom stereocenters. The van der Waals surface area contributed by atoms with Gasteiger partial charge in [0.15, 0.2) is 18.1 Å². The molecule has 0 saturated carbocycles. The fraction of sp³-hybridized carbons (Fsp3) is 0.579. The van der Waals surface area contributed by atoms with Crippen molar-refractivity contribution in [2.45, 2.75) is 33.1 Å². The van der Waals surface area contributed by atoms with Crippen molar-refractivity contribution in [3.05, 3.63) is 22.7 Å². The largest absolute Gasteiger partial charge is 0.493 e. The Morgan fingerprint density at radius 1 is 1.35 bits per heavy atom. The van der Waals surface area contributed by atoms with Crippen molar-refractivity contribution in [2.75, 3.05) is 33.4 Å². The first-order chi connectivity index (χ1) is 12.5. The fourth-order valence-corrected chi connectivity index (χ4v) is 3.16. The highest BCUT2D eigenvalue weighted by atomic mass is 35.5. The fourth-order valence-electron chi connectivity index (χ4n) is 2.90. The number of hydrogen-bond donors (Lipinski definition) is 0. The SMILES string of the molecule is CCCOc1c(Cl)cc(C(=O)OCC(=O)N2CCCC(C)C2)cc1OC. The molecule has 7 heteroatoms. The molecular formula is C19H26ClNO5. The molecule has 144 valence electrons. The molecule has 1 amide bonds. The summed E-state index contributed by atoms with van der Waals surface area (Å²) in [6.45, 7) is 5.72. The molecule has 1 unspecified atom stereocenters. The predicted molar refractivity (Wildman–Crippen MR) is 99.1 cm³/mol. The van der Waals surface area contributed by atoms with Crippen molar-refractivity contribution in [2.24, 2.45) is 5.92 Å². The summed E-state index contributed by atoms with van der Waals surface area (Å²) in [5, 5.41) is 0.265. The molecule has 1 aliphatic heterocycles. The third-order valence-electron chi connectivity index (χ3n) is 4.25. The number of carbonyl (C=O) groups is 2. The van der Waals surface area contributed by atoms with Gasteiger partial charge in [-0.15, -0.1) is 0 Å². The minimum atomic E-state index is -0.620. The maximum atomic E-state index is 12.3. The third-order valence-corrected chi connectivity index (χ3v) is 4.53. The molecule has 26 heavy (non-hydrogen) atoms. The zero-order valence-electron chi connectivity index (χ0n) is 15.5. The zero-order chi connectivity index (χ0) is 19.1. The van der Waals surface area contributed by atoms with Crippen LogP contribution in [0.1, 0.15) is 43.5 Å². The number of rotatable bonds is 7. The van der Waals surface area contributed by atoms with Gasteiger partial charge in [-0.05, 0) is 37.3 Å². The number of benzene rings is 1. The summed E-state index contributed by atoms with van der Waals surface area (Å²) in [6.07, 6.45) is 2.92. The van der Waals surface area contributed by atoms with Crippen LogP contribution >= 0.6 is 11.6 Å². The van der Waals surface area contributed by atoms with Crippen LogP contribution in [0.3, 0.4) is 0 Å². The Labute approximate surface area is 159 Å². The summed E-state index contributed by atoms with van der Waals surface area (Å²) in [7, 11) is 1.47. The number of piperidine rings is 1. The highest BCUT2D eigenvalue weighted by Crippen LogP contribution is 2.36. The number of likely N-dealkylation sites (tertiary alicyclic amines) is 1. The monoisotopic (exact) mass is 383 g/mol. The molecule has 1 fully saturated rings. The second-order valence-electron chi connectivity index (χ2n) is 6.50. The third kappa shape index (κ3) is 5.27. The molecule has 0 aliphatic carbocycles. The number of halogens is 1. The van der Waals surface area contributed by atoms with Crippen LogP contribution in [-0.2, 0) is 9.53 Å². The molecule has 0 bridgehead atoms. The Balaban J connectivity index is 2.00. The van der Waals surface area contributed by atoms with Crippen molar-refractivity contribution < 1.29 is 23.8 Å². The van der Waals surface area contributed by atoms with E-state index in [-0.39, 0.29) is 23.1 Å². The molecule has 1 heterocycles. The van der Waals surface area contributed by atoms with Gasteiger partial charge in [0.05, 0.1) is 24.3 Å². The van der Waals surface area contributed by atoms with Crippen molar-refractivity contribution in [1.29, 1.82) is 0 Å². The Kier molecular flexibility index (Phi) is 7.57. The lowest BCUT2D eigenvalue weighted by Gasteiger charge is -2.30. The first-order valence-corrected chi connectivity index (χ1v) is 9.29. The van der Waals surface area contributed by atoms with Crippen LogP contribution in [0.2, 0.25) is 5.02 Å². The molecule has 0 N–H and O–H groups in total. The summed E-state index contributed by atoms with van der Waals surface area (Å²) in [5.74, 6) is 0.429. The molecule has 6 nitrogen and oxygen atoms in total. The summed E-state index contributed by atoms with van der Waals surface area (Å²) < 4.78 is 16.0. The second kappa shape index (κ2) is 9.67. The number of carbonyl (C=O) groups excluding carboxylic acids is 2. The van der Waals surface area contributed by atoms with Crippen LogP contribution in [0.25, 0.3) is 0 Å². The van der Waals surface area contributed by atoms with Gasteiger partial charge in [-0.2, -0.15) is 0 Å². The first-order valence-electron chi connectivity index (χ1n) is 8.91. The van der Waals surface area contributed by atoms with Crippen molar-refractivity contribution >= 4 is 23.5 Å². The van der Waals surface area contributed by atoms with Crippen molar-refractivity contribution in [1.82, 2.24) is 4.90 Å². The van der Waals surface area contributed by atoms with Crippen LogP contribution in [0.5, 0.6) is 11.5 Å². The maximum Gasteiger partial charge on any atom is 0.338 e. The van der Waals surface area contributed by atoms with Crippen LogP contribution in [0.4, 0.5) is 0 Å². The summed E-state index contributed by atoms with van der Waals surface area (Å²) in [4.78, 5) is 26.3. The van der Waals surface area contributed by atoms with E-state index in [1.54, 1.807) is 4.90 Å². The number of ether oxygens (including phenoxy) is 3. The standard InChI is InChI=1S/C19H26ClNO5/c1-4-8-25-18-15(20)9-14(10-16(18)24-3)19(23)26-12-17(22)21-7-5-6-13(2)11-21/h9-10,13H,4-8,11-12H2,1-3H3. The summed E-state index contributed by atoms with van der Waals surface area (Å²) >= 11 is 6.21. The van der Waals surface area contributed by atoms with Gasteiger partial charge >= 0.3 is 5.97 Å². The van der Waals surface area contributed by atoms with E-state index in [2.05, 4.69) is 6.92 Å². The zero-order valence-corrected chi connectivity index (χ0v) is 16.3. The number of nitrogens with zero attached hydrogens (tertiary/aromatic N) is 1. The lowest BCUT2D eigenvalue weighted by atomic mass is 10.0. The van der Waals surface area contributed by atoms with Crippen LogP contribution in [0, 0.1) is 5.92 Å². The Morgan fingerprint density at radius 3 is 2.77 bits per heavy atom. The van der Waals surface area contributed by atoms with Crippen molar-refractivity contribution in [3.8, 4) is 11.5 Å². The van der Waals surface area contributed by atoms with E-state index in [1.165, 1.54) is 19.2 Å². The maximum absolute atomic E-state index is 12.3. The number of esters is 1. The van der Waals surface area contributed by atoms with Crippen molar-refractivity contribution in [3.63, 3.8) is 0 Å². The van der Waals surface area contributed by atoms with Gasteiger partial charge in [0.2, 0.25) is 0 Å². The average molecular weight is 384 g/mol. The molecule has 1 saturated heterocycles. The smallest absolute Gasteiger partial charge is 0.338 e. The van der Waals surface area contributed by atoms with E-state index in [1.807, 2.05) is 6.92 Å². The summed E-state index contributed by atoms with van der Waals surface area (Å²) in [6, 6.07) is 2.97. The average Bonchev–Trinajstić information content (AvgIpc) is 2.64. The van der Waals surface area contributed by atoms with Gasteiger partial charge in [-0.3, -0.25) is 4.79 Å². The Bertz CT molecular complexity index is 649. The van der Waals surface area contributed by atoms with Crippen LogP contribution < -0.4 is 9.47 Å². The molecule has 1 aromatic rings. The molecule has 1 aromatic carbocycles. The number of amides is 1. The van der Waals surface area contributed by atoms with Crippen LogP contribution in [-0.4, -0.2) is 50.2 Å². The number of hydrogen-bond acceptors (Lipinski definition) is 5. The minimum Gasteiger partial charge on any atom is -0.493 e. The van der Waals surface area contributed by atoms with E-state index in [0.717, 1.165) is 19.3 Å². The second-order valence-corrected chi connectivity index (χ2v) is 6.91. The topological polar surface area (TPSA) is 65.1 Å². The quantitative estimate of drug-likeness (QED) is 0.673. The molecule has 0 spiro atoms. The van der Waals surface area contributed by atoms with E-state index in [0.29, 0.717) is 37.1 Å². The summed E-state index contributed by atoms with van der Waals surface area (Å²) in [5.41, 5.74) is 0.218. The normalized spacial score (nSPS) is 16.9. The molecule has 0 aromatic heterocycles. The van der Waals surface area contributed by atoms with Gasteiger partial charge in [0, 0.05) is 13.1 Å². The van der Waals surface area contributed by atoms with E-state index >= 15 is 0 Å². The van der Waals surface area contributed by atoms with E-state index in [9.17, 15) is 9.59 Å². The number of methoxy groups -OCH3 is 1. The molecule has 1 aliphatic rings. The van der Waals surface area contributed by atoms with Crippen LogP contribution in [0.15, 0.2) is 12.1 Å². The van der Waals surface area contributed by atoms with Gasteiger partial charge in [0.25, 0.3) is 5.91 Å². The first kappa shape index (κ1) is 20.4. The lowest BCUT2D eigenvalue weighted by molar-refractivity contribution is -0.136. The van der Waals surface area contributed by atoms with Gasteiger partial charge in [-0.1, -0.05) is 25.4 Å². The lowest BCUT2D eigenvalue weighted by Crippen LogP contribution is -2.41. The van der Waals surface area contributed by atoms with E-state index < -0.39 is 5.97 Å². The molecule has 0 radical (unpaired) electrons. The van der Waals surface area contributed by atoms with E-state index in [4.69, 9.17) is 25.8 Å². The van der Waals surface area contributed by atoms with Gasteiger partial charge < -0.3 is 19.1 Å². The molecular weight excluding hydrogens is 358 g/mol. The minimum absolute atomic E-state index is 0.175. The Hall–Kier alpha value is -1.95. The highest BCUT2D eigenvalue weighted by Gasteiger charge is 2.23. The predicted octanol–water partition coefficient (Wildman–Crippen LogP) is 3.55. The molecule has 2 rings (SSSR count).